The third-order valence-corrected chi connectivity index (χ3v) is 14.3. The van der Waals surface area contributed by atoms with Gasteiger partial charge in [0, 0.05) is 6.04 Å². The van der Waals surface area contributed by atoms with Gasteiger partial charge in [-0.3, -0.25) is 4.55 Å². The molecule has 10 unspecified atom stereocenters. The zero-order valence-electron chi connectivity index (χ0n) is 30.2. The van der Waals surface area contributed by atoms with Gasteiger partial charge >= 0.3 is 10.4 Å². The number of hydrogen-bond acceptors (Lipinski definition) is 7. The Bertz CT molecular complexity index is 1010. The van der Waals surface area contributed by atoms with Gasteiger partial charge in [0.2, 0.25) is 0 Å². The predicted octanol–water partition coefficient (Wildman–Crippen LogP) is 6.56. The lowest BCUT2D eigenvalue weighted by Crippen LogP contribution is -2.55. The smallest absolute Gasteiger partial charge is 0.330 e. The van der Waals surface area contributed by atoms with Crippen molar-refractivity contribution in [3.63, 3.8) is 0 Å². The molecule has 6 N–H and O–H groups in total. The fraction of sp³-hybridized carbons (Fsp3) is 1.00. The zero-order valence-corrected chi connectivity index (χ0v) is 31.0. The van der Waals surface area contributed by atoms with Gasteiger partial charge in [-0.2, -0.15) is 8.42 Å². The maximum absolute atomic E-state index is 11.4. The molecular formula is C37H72N4O4S. The molecule has 9 heteroatoms. The summed E-state index contributed by atoms with van der Waals surface area (Å²) in [5.74, 6) is 4.74. The lowest BCUT2D eigenvalue weighted by atomic mass is 9.44. The first kappa shape index (κ1) is 38.5. The van der Waals surface area contributed by atoms with Crippen LogP contribution in [-0.2, 0) is 14.6 Å². The van der Waals surface area contributed by atoms with E-state index in [0.29, 0.717) is 35.1 Å². The summed E-state index contributed by atoms with van der Waals surface area (Å²) < 4.78 is 37.2. The summed E-state index contributed by atoms with van der Waals surface area (Å²) in [6.45, 7) is 17.9. The van der Waals surface area contributed by atoms with Crippen LogP contribution in [0.4, 0.5) is 0 Å². The molecule has 0 aliphatic heterocycles. The standard InChI is InChI=1S/C37H72N4O4S/c1-27(2)35(45-46(42,43)44)15-10-28(3)32-13-14-33-31-12-11-29-26-30(16-18-36(29,4)34(31)17-19-37(32,33)5)41-25-9-24-40-22-7-6-21-39-23-8-20-38/h27-35,39-41H,6-26,38H2,1-5H3,(H,42,43,44). The fourth-order valence-corrected chi connectivity index (χ4v) is 11.8. The van der Waals surface area contributed by atoms with Gasteiger partial charge in [-0.1, -0.05) is 34.6 Å². The molecule has 4 fully saturated rings. The highest BCUT2D eigenvalue weighted by molar-refractivity contribution is 7.80. The van der Waals surface area contributed by atoms with Crippen LogP contribution in [-0.4, -0.2) is 64.4 Å². The second-order valence-corrected chi connectivity index (χ2v) is 17.9. The van der Waals surface area contributed by atoms with Crippen LogP contribution in [0, 0.1) is 52.3 Å². The van der Waals surface area contributed by atoms with Gasteiger partial charge in [-0.05, 0) is 188 Å². The quantitative estimate of drug-likeness (QED) is 0.0730. The first-order valence-corrected chi connectivity index (χ1v) is 20.8. The maximum Gasteiger partial charge on any atom is 0.397 e. The summed E-state index contributed by atoms with van der Waals surface area (Å²) in [6, 6.07) is 0.694. The lowest BCUT2D eigenvalue weighted by Gasteiger charge is -2.61. The first-order valence-electron chi connectivity index (χ1n) is 19.4. The Kier molecular flexibility index (Phi) is 14.7. The van der Waals surface area contributed by atoms with Crippen LogP contribution in [0.25, 0.3) is 0 Å². The second-order valence-electron chi connectivity index (χ2n) is 16.9. The average Bonchev–Trinajstić information content (AvgIpc) is 3.36. The normalized spacial score (nSPS) is 35.8. The number of unbranched alkanes of at least 4 members (excludes halogenated alkanes) is 1. The van der Waals surface area contributed by atoms with Gasteiger partial charge in [0.15, 0.2) is 0 Å². The Morgan fingerprint density at radius 3 is 2.13 bits per heavy atom. The van der Waals surface area contributed by atoms with E-state index in [1.807, 2.05) is 13.8 Å². The minimum Gasteiger partial charge on any atom is -0.330 e. The topological polar surface area (TPSA) is 126 Å². The number of fused-ring (bicyclic) bond motifs is 5. The Morgan fingerprint density at radius 2 is 1.46 bits per heavy atom. The molecule has 8 nitrogen and oxygen atoms in total. The molecule has 0 aromatic heterocycles. The van der Waals surface area contributed by atoms with E-state index < -0.39 is 16.5 Å². The lowest BCUT2D eigenvalue weighted by molar-refractivity contribution is -0.118. The molecular weight excluding hydrogens is 596 g/mol. The van der Waals surface area contributed by atoms with Crippen LogP contribution >= 0.6 is 0 Å². The molecule has 0 saturated heterocycles. The van der Waals surface area contributed by atoms with Gasteiger partial charge < -0.3 is 21.7 Å². The van der Waals surface area contributed by atoms with Crippen LogP contribution in [0.3, 0.4) is 0 Å². The molecule has 0 radical (unpaired) electrons. The largest absolute Gasteiger partial charge is 0.397 e. The average molecular weight is 669 g/mol. The molecule has 4 aliphatic carbocycles. The van der Waals surface area contributed by atoms with Crippen LogP contribution < -0.4 is 21.7 Å². The van der Waals surface area contributed by atoms with Crippen molar-refractivity contribution in [2.24, 2.45) is 58.0 Å². The molecule has 46 heavy (non-hydrogen) atoms. The predicted molar refractivity (Wildman–Crippen MR) is 190 cm³/mol. The van der Waals surface area contributed by atoms with Crippen LogP contribution in [0.1, 0.15) is 131 Å². The van der Waals surface area contributed by atoms with E-state index in [-0.39, 0.29) is 5.92 Å². The van der Waals surface area contributed by atoms with Gasteiger partial charge in [-0.25, -0.2) is 4.18 Å². The van der Waals surface area contributed by atoms with E-state index in [1.54, 1.807) is 0 Å². The van der Waals surface area contributed by atoms with Crippen molar-refractivity contribution >= 4 is 10.4 Å². The molecule has 4 rings (SSSR count). The van der Waals surface area contributed by atoms with E-state index in [9.17, 15) is 13.0 Å². The summed E-state index contributed by atoms with van der Waals surface area (Å²) in [5.41, 5.74) is 6.44. The molecule has 0 amide bonds. The Morgan fingerprint density at radius 1 is 0.804 bits per heavy atom. The van der Waals surface area contributed by atoms with Crippen molar-refractivity contribution < 1.29 is 17.2 Å². The number of hydrogen-bond donors (Lipinski definition) is 5. The van der Waals surface area contributed by atoms with Gasteiger partial charge in [0.25, 0.3) is 0 Å². The molecule has 0 spiro atoms. The Balaban J connectivity index is 1.19. The molecule has 0 heterocycles. The van der Waals surface area contributed by atoms with E-state index in [4.69, 9.17) is 9.92 Å². The van der Waals surface area contributed by atoms with Crippen LogP contribution in [0.15, 0.2) is 0 Å². The molecule has 0 aromatic carbocycles. The van der Waals surface area contributed by atoms with Crippen molar-refractivity contribution in [1.82, 2.24) is 16.0 Å². The Hall–Kier alpha value is -0.290. The van der Waals surface area contributed by atoms with Gasteiger partial charge in [0.1, 0.15) is 0 Å². The molecule has 0 bridgehead atoms. The highest BCUT2D eigenvalue weighted by atomic mass is 32.3. The van der Waals surface area contributed by atoms with Gasteiger partial charge in [-0.15, -0.1) is 0 Å². The summed E-state index contributed by atoms with van der Waals surface area (Å²) in [6.07, 6.45) is 18.3. The van der Waals surface area contributed by atoms with Crippen LogP contribution in [0.5, 0.6) is 0 Å². The SMILES string of the molecule is CC(C)C(CCC(C)C1CCC2C3CCC4CC(NCCCNCCCCNCCCN)CCC4(C)C3CCC12C)OS(=O)(=O)O. The zero-order chi connectivity index (χ0) is 33.4. The monoisotopic (exact) mass is 669 g/mol. The van der Waals surface area contributed by atoms with E-state index in [1.165, 1.54) is 77.0 Å². The summed E-state index contributed by atoms with van der Waals surface area (Å²) in [4.78, 5) is 0. The fourth-order valence-electron chi connectivity index (χ4n) is 11.2. The summed E-state index contributed by atoms with van der Waals surface area (Å²) in [5, 5.41) is 11.1. The molecule has 0 aromatic rings. The van der Waals surface area contributed by atoms with Crippen molar-refractivity contribution in [1.29, 1.82) is 0 Å². The summed E-state index contributed by atoms with van der Waals surface area (Å²) in [7, 11) is -4.42. The third-order valence-electron chi connectivity index (χ3n) is 13.8. The van der Waals surface area contributed by atoms with Crippen molar-refractivity contribution in [2.75, 3.05) is 39.3 Å². The Labute approximate surface area is 283 Å². The minimum absolute atomic E-state index is 0.0506. The second kappa shape index (κ2) is 17.6. The first-order chi connectivity index (χ1) is 21.9. The minimum atomic E-state index is -4.42. The third kappa shape index (κ3) is 9.91. The van der Waals surface area contributed by atoms with Crippen molar-refractivity contribution in [2.45, 2.75) is 143 Å². The number of nitrogens with two attached hydrogens (primary N) is 1. The van der Waals surface area contributed by atoms with Crippen molar-refractivity contribution in [3.05, 3.63) is 0 Å². The highest BCUT2D eigenvalue weighted by Gasteiger charge is 2.60. The molecule has 4 saturated carbocycles. The van der Waals surface area contributed by atoms with E-state index >= 15 is 0 Å². The molecule has 10 atom stereocenters. The molecule has 270 valence electrons. The number of rotatable bonds is 20. The van der Waals surface area contributed by atoms with Crippen LogP contribution in [0.2, 0.25) is 0 Å². The highest BCUT2D eigenvalue weighted by Crippen LogP contribution is 2.68. The summed E-state index contributed by atoms with van der Waals surface area (Å²) >= 11 is 0. The van der Waals surface area contributed by atoms with E-state index in [0.717, 1.165) is 75.8 Å². The number of nitrogens with one attached hydrogen (secondary N) is 3. The maximum atomic E-state index is 11.4. The van der Waals surface area contributed by atoms with Crippen molar-refractivity contribution in [3.8, 4) is 0 Å². The van der Waals surface area contributed by atoms with E-state index in [2.05, 4.69) is 36.7 Å². The van der Waals surface area contributed by atoms with Gasteiger partial charge in [0.05, 0.1) is 6.10 Å². The molecule has 4 aliphatic rings.